The summed E-state index contributed by atoms with van der Waals surface area (Å²) >= 11 is 0. The van der Waals surface area contributed by atoms with Gasteiger partial charge in [0.05, 0.1) is 16.7 Å². The van der Waals surface area contributed by atoms with Crippen LogP contribution in [0.2, 0.25) is 0 Å². The smallest absolute Gasteiger partial charge is 0.174 e. The van der Waals surface area contributed by atoms with Crippen molar-refractivity contribution in [2.24, 2.45) is 0 Å². The molecule has 0 aliphatic rings. The first kappa shape index (κ1) is 26.3. The summed E-state index contributed by atoms with van der Waals surface area (Å²) in [5, 5.41) is 12.7. The van der Waals surface area contributed by atoms with Gasteiger partial charge in [0, 0.05) is 20.4 Å². The summed E-state index contributed by atoms with van der Waals surface area (Å²) in [6.45, 7) is 13.9. The van der Waals surface area contributed by atoms with E-state index in [9.17, 15) is 9.50 Å². The van der Waals surface area contributed by atoms with Gasteiger partial charge in [-0.1, -0.05) is 72.1 Å². The van der Waals surface area contributed by atoms with Crippen LogP contribution in [-0.4, -0.2) is 15.1 Å². The number of fused-ring (bicyclic) bond motifs is 1. The van der Waals surface area contributed by atoms with E-state index in [0.717, 1.165) is 22.7 Å². The van der Waals surface area contributed by atoms with Gasteiger partial charge in [0.2, 0.25) is 0 Å². The minimum absolute atomic E-state index is 0. The lowest BCUT2D eigenvalue weighted by Gasteiger charge is -2.10. The van der Waals surface area contributed by atoms with E-state index in [1.54, 1.807) is 25.4 Å². The van der Waals surface area contributed by atoms with Crippen LogP contribution in [0.3, 0.4) is 0 Å². The Hall–Kier alpha value is -2.69. The van der Waals surface area contributed by atoms with Gasteiger partial charge in [-0.25, -0.2) is 4.39 Å². The summed E-state index contributed by atoms with van der Waals surface area (Å²) in [4.78, 5) is 8.42. The molecule has 4 nitrogen and oxygen atoms in total. The molecule has 0 fully saturated rings. The zero-order valence-electron chi connectivity index (χ0n) is 18.5. The molecule has 5 heteroatoms. The molecule has 0 radical (unpaired) electrons. The molecule has 2 N–H and O–H groups in total. The lowest BCUT2D eigenvalue weighted by atomic mass is 10.2. The van der Waals surface area contributed by atoms with Crippen molar-refractivity contribution in [2.45, 2.75) is 66.8 Å². The van der Waals surface area contributed by atoms with Gasteiger partial charge in [-0.05, 0) is 30.7 Å². The quantitative estimate of drug-likeness (QED) is 0.274. The highest BCUT2D eigenvalue weighted by Crippen LogP contribution is 2.14. The number of rotatable bonds is 8. The standard InChI is InChI=1S/C16H16FN3O.C6H14.C2H6.H2/c1-3-12(17)16(21)13(4-2)20-10-11-5-6-14-15(9-11)19-8-7-18-14;1-3-5-6-4-2;1-2;/h3-9,20-21H,1,10H2,2H3;3-6H2,1-2H3;1-2H3;1H/b13-4+,16-12-;;;. The number of hydrogen-bond acceptors (Lipinski definition) is 4. The summed E-state index contributed by atoms with van der Waals surface area (Å²) in [6, 6.07) is 5.67. The maximum Gasteiger partial charge on any atom is 0.174 e. The van der Waals surface area contributed by atoms with Crippen LogP contribution in [0.15, 0.2) is 66.6 Å². The van der Waals surface area contributed by atoms with Crippen LogP contribution in [0.25, 0.3) is 11.0 Å². The molecule has 0 spiro atoms. The molecule has 1 aromatic heterocycles. The normalized spacial score (nSPS) is 11.4. The van der Waals surface area contributed by atoms with E-state index in [-0.39, 0.29) is 1.43 Å². The van der Waals surface area contributed by atoms with Crippen LogP contribution < -0.4 is 5.32 Å². The van der Waals surface area contributed by atoms with Gasteiger partial charge in [-0.15, -0.1) is 0 Å². The van der Waals surface area contributed by atoms with Crippen LogP contribution in [0.1, 0.15) is 67.3 Å². The molecule has 29 heavy (non-hydrogen) atoms. The molecule has 1 heterocycles. The fraction of sp³-hybridized carbons (Fsp3) is 0.417. The first-order valence-corrected chi connectivity index (χ1v) is 10.4. The number of nitrogens with zero attached hydrogens (tertiary/aromatic N) is 2. The Labute approximate surface area is 176 Å². The van der Waals surface area contributed by atoms with Gasteiger partial charge in [-0.2, -0.15) is 0 Å². The lowest BCUT2D eigenvalue weighted by molar-refractivity contribution is 0.388. The van der Waals surface area contributed by atoms with E-state index >= 15 is 0 Å². The minimum Gasteiger partial charge on any atom is -0.503 e. The monoisotopic (exact) mass is 403 g/mol. The number of aliphatic hydroxyl groups is 1. The molecule has 2 rings (SSSR count). The first-order chi connectivity index (χ1) is 14.1. The van der Waals surface area contributed by atoms with Gasteiger partial charge in [0.15, 0.2) is 11.6 Å². The second-order valence-electron chi connectivity index (χ2n) is 6.04. The van der Waals surface area contributed by atoms with Crippen molar-refractivity contribution in [2.75, 3.05) is 0 Å². The average molecular weight is 404 g/mol. The molecule has 0 aliphatic heterocycles. The van der Waals surface area contributed by atoms with Gasteiger partial charge >= 0.3 is 0 Å². The summed E-state index contributed by atoms with van der Waals surface area (Å²) in [5.74, 6) is -1.21. The van der Waals surface area contributed by atoms with E-state index in [2.05, 4.69) is 35.7 Å². The van der Waals surface area contributed by atoms with Crippen LogP contribution >= 0.6 is 0 Å². The summed E-state index contributed by atoms with van der Waals surface area (Å²) in [7, 11) is 0. The number of allylic oxidation sites excluding steroid dienone is 3. The number of benzene rings is 1. The van der Waals surface area contributed by atoms with E-state index in [4.69, 9.17) is 0 Å². The molecule has 0 saturated heterocycles. The van der Waals surface area contributed by atoms with Crippen LogP contribution in [-0.2, 0) is 6.54 Å². The number of halogens is 1. The lowest BCUT2D eigenvalue weighted by Crippen LogP contribution is -2.15. The van der Waals surface area contributed by atoms with Crippen molar-refractivity contribution < 1.29 is 10.9 Å². The highest BCUT2D eigenvalue weighted by atomic mass is 19.1. The Morgan fingerprint density at radius 2 is 1.72 bits per heavy atom. The van der Waals surface area contributed by atoms with Crippen molar-refractivity contribution >= 4 is 11.0 Å². The second kappa shape index (κ2) is 16.3. The third kappa shape index (κ3) is 9.88. The third-order valence-electron chi connectivity index (χ3n) is 3.92. The van der Waals surface area contributed by atoms with E-state index in [1.807, 2.05) is 32.0 Å². The molecular formula is C24H38FN3O. The Morgan fingerprint density at radius 1 is 1.14 bits per heavy atom. The highest BCUT2D eigenvalue weighted by molar-refractivity contribution is 5.74. The van der Waals surface area contributed by atoms with E-state index < -0.39 is 11.6 Å². The summed E-state index contributed by atoms with van der Waals surface area (Å²) in [5.41, 5.74) is 2.87. The minimum atomic E-state index is -0.764. The number of unbranched alkanes of at least 4 members (excludes halogenated alkanes) is 3. The van der Waals surface area contributed by atoms with Crippen LogP contribution in [0.4, 0.5) is 4.39 Å². The zero-order valence-corrected chi connectivity index (χ0v) is 18.5. The molecule has 0 aliphatic carbocycles. The number of nitrogens with one attached hydrogen (secondary N) is 1. The Balaban J connectivity index is 0. The average Bonchev–Trinajstić information content (AvgIpc) is 2.79. The van der Waals surface area contributed by atoms with Crippen LogP contribution in [0, 0.1) is 0 Å². The molecule has 2 aromatic rings. The molecule has 0 bridgehead atoms. The molecule has 0 amide bonds. The second-order valence-corrected chi connectivity index (χ2v) is 6.04. The third-order valence-corrected chi connectivity index (χ3v) is 3.92. The maximum absolute atomic E-state index is 13.3. The zero-order chi connectivity index (χ0) is 22.1. The Morgan fingerprint density at radius 3 is 2.24 bits per heavy atom. The number of aliphatic hydroxyl groups excluding tert-OH is 1. The van der Waals surface area contributed by atoms with Crippen molar-refractivity contribution in [1.82, 2.24) is 15.3 Å². The number of aromatic nitrogens is 2. The first-order valence-electron chi connectivity index (χ1n) is 10.4. The van der Waals surface area contributed by atoms with Gasteiger partial charge in [-0.3, -0.25) is 9.97 Å². The molecule has 0 atom stereocenters. The van der Waals surface area contributed by atoms with Crippen molar-refractivity contribution in [3.05, 3.63) is 72.2 Å². The van der Waals surface area contributed by atoms with E-state index in [1.165, 1.54) is 25.7 Å². The van der Waals surface area contributed by atoms with E-state index in [0.29, 0.717) is 12.2 Å². The largest absolute Gasteiger partial charge is 0.503 e. The highest BCUT2D eigenvalue weighted by Gasteiger charge is 2.07. The fourth-order valence-electron chi connectivity index (χ4n) is 2.36. The topological polar surface area (TPSA) is 58.0 Å². The SMILES string of the molecule is C=C/C(F)=C(O)\C(=C/C)NCc1ccc2nccnc2c1.CC.CCCCCC.[HH]. The molecule has 0 saturated carbocycles. The van der Waals surface area contributed by atoms with Crippen molar-refractivity contribution in [3.63, 3.8) is 0 Å². The predicted octanol–water partition coefficient (Wildman–Crippen LogP) is 7.41. The Bertz CT molecular complexity index is 787. The molecule has 162 valence electrons. The Kier molecular flexibility index (Phi) is 14.8. The fourth-order valence-corrected chi connectivity index (χ4v) is 2.36. The van der Waals surface area contributed by atoms with Gasteiger partial charge in [0.25, 0.3) is 0 Å². The molecule has 0 unspecified atom stereocenters. The molecular weight excluding hydrogens is 365 g/mol. The number of hydrogen-bond donors (Lipinski definition) is 2. The van der Waals surface area contributed by atoms with Crippen molar-refractivity contribution in [1.29, 1.82) is 0 Å². The summed E-state index contributed by atoms with van der Waals surface area (Å²) in [6.07, 6.45) is 11.4. The molecule has 1 aromatic carbocycles. The summed E-state index contributed by atoms with van der Waals surface area (Å²) < 4.78 is 13.3. The maximum atomic E-state index is 13.3. The van der Waals surface area contributed by atoms with Crippen LogP contribution in [0.5, 0.6) is 0 Å². The van der Waals surface area contributed by atoms with Crippen molar-refractivity contribution in [3.8, 4) is 0 Å². The van der Waals surface area contributed by atoms with Gasteiger partial charge in [0.1, 0.15) is 0 Å². The predicted molar refractivity (Wildman–Crippen MR) is 124 cm³/mol. The van der Waals surface area contributed by atoms with Gasteiger partial charge < -0.3 is 10.4 Å².